The first-order chi connectivity index (χ1) is 7.65. The van der Waals surface area contributed by atoms with Crippen LogP contribution in [0.4, 0.5) is 4.39 Å². The maximum Gasteiger partial charge on any atom is 0.197 e. The highest BCUT2D eigenvalue weighted by atomic mass is 79.9. The monoisotopic (exact) mass is 292 g/mol. The van der Waals surface area contributed by atoms with Gasteiger partial charge >= 0.3 is 0 Å². The van der Waals surface area contributed by atoms with Crippen LogP contribution >= 0.6 is 15.9 Å². The molecule has 0 aliphatic heterocycles. The Morgan fingerprint density at radius 2 is 1.94 bits per heavy atom. The zero-order valence-corrected chi connectivity index (χ0v) is 10.8. The Balaban J connectivity index is 3.22. The molecule has 90 valence electrons. The summed E-state index contributed by atoms with van der Waals surface area (Å²) in [6.07, 6.45) is 1.18. The van der Waals surface area contributed by atoms with Gasteiger partial charge in [0.1, 0.15) is 0 Å². The van der Waals surface area contributed by atoms with Gasteiger partial charge in [-0.1, -0.05) is 15.9 Å². The van der Waals surface area contributed by atoms with Gasteiger partial charge in [-0.3, -0.25) is 0 Å². The van der Waals surface area contributed by atoms with Crippen LogP contribution < -0.4 is 9.47 Å². The fourth-order valence-corrected chi connectivity index (χ4v) is 2.09. The standard InChI is InChI=1S/C11H14BrFO3/c1-15-10-7(4-3-5-14)8(12)6-9(13)11(10)16-2/h6,14H,3-5H2,1-2H3. The number of hydrogen-bond donors (Lipinski definition) is 1. The number of hydrogen-bond acceptors (Lipinski definition) is 3. The van der Waals surface area contributed by atoms with Crippen LogP contribution in [0.15, 0.2) is 10.5 Å². The van der Waals surface area contributed by atoms with Crippen molar-refractivity contribution in [2.45, 2.75) is 12.8 Å². The molecule has 0 saturated carbocycles. The molecule has 1 rings (SSSR count). The molecule has 0 aliphatic rings. The van der Waals surface area contributed by atoms with Crippen LogP contribution in [0.2, 0.25) is 0 Å². The summed E-state index contributed by atoms with van der Waals surface area (Å²) >= 11 is 3.28. The summed E-state index contributed by atoms with van der Waals surface area (Å²) in [6.45, 7) is 0.0787. The van der Waals surface area contributed by atoms with E-state index in [1.165, 1.54) is 20.3 Å². The third kappa shape index (κ3) is 2.65. The summed E-state index contributed by atoms with van der Waals surface area (Å²) in [4.78, 5) is 0. The maximum atomic E-state index is 13.5. The van der Waals surface area contributed by atoms with E-state index in [9.17, 15) is 4.39 Å². The molecule has 0 unspecified atom stereocenters. The molecule has 0 bridgehead atoms. The Morgan fingerprint density at radius 3 is 2.44 bits per heavy atom. The van der Waals surface area contributed by atoms with E-state index in [1.807, 2.05) is 0 Å². The molecule has 0 aromatic heterocycles. The topological polar surface area (TPSA) is 38.7 Å². The van der Waals surface area contributed by atoms with Crippen molar-refractivity contribution in [3.8, 4) is 11.5 Å². The SMILES string of the molecule is COc1c(F)cc(Br)c(CCCO)c1OC. The maximum absolute atomic E-state index is 13.5. The second kappa shape index (κ2) is 6.06. The predicted octanol–water partition coefficient (Wildman–Crippen LogP) is 2.53. The molecule has 1 aromatic rings. The minimum Gasteiger partial charge on any atom is -0.492 e. The minimum absolute atomic E-state index is 0.0787. The van der Waals surface area contributed by atoms with Crippen LogP contribution in [0.3, 0.4) is 0 Å². The fourth-order valence-electron chi connectivity index (χ4n) is 1.51. The van der Waals surface area contributed by atoms with Crippen molar-refractivity contribution in [1.29, 1.82) is 0 Å². The number of aliphatic hydroxyl groups excluding tert-OH is 1. The van der Waals surface area contributed by atoms with Crippen LogP contribution in [-0.4, -0.2) is 25.9 Å². The number of halogens is 2. The van der Waals surface area contributed by atoms with E-state index in [-0.39, 0.29) is 12.4 Å². The van der Waals surface area contributed by atoms with E-state index in [4.69, 9.17) is 14.6 Å². The molecule has 0 amide bonds. The third-order valence-electron chi connectivity index (χ3n) is 2.23. The second-order valence-electron chi connectivity index (χ2n) is 3.21. The Morgan fingerprint density at radius 1 is 1.31 bits per heavy atom. The normalized spacial score (nSPS) is 10.3. The van der Waals surface area contributed by atoms with Crippen molar-refractivity contribution in [1.82, 2.24) is 0 Å². The first-order valence-electron chi connectivity index (χ1n) is 4.85. The van der Waals surface area contributed by atoms with Crippen molar-refractivity contribution in [2.75, 3.05) is 20.8 Å². The van der Waals surface area contributed by atoms with Gasteiger partial charge in [0.05, 0.1) is 14.2 Å². The van der Waals surface area contributed by atoms with Gasteiger partial charge in [-0.15, -0.1) is 0 Å². The van der Waals surface area contributed by atoms with Gasteiger partial charge in [-0.2, -0.15) is 0 Å². The van der Waals surface area contributed by atoms with Crippen molar-refractivity contribution < 1.29 is 19.0 Å². The minimum atomic E-state index is -0.473. The lowest BCUT2D eigenvalue weighted by Gasteiger charge is -2.14. The van der Waals surface area contributed by atoms with Crippen molar-refractivity contribution in [3.63, 3.8) is 0 Å². The molecule has 5 heteroatoms. The predicted molar refractivity (Wildman–Crippen MR) is 62.6 cm³/mol. The van der Waals surface area contributed by atoms with Gasteiger partial charge in [-0.05, 0) is 18.9 Å². The molecule has 16 heavy (non-hydrogen) atoms. The number of ether oxygens (including phenoxy) is 2. The van der Waals surface area contributed by atoms with Gasteiger partial charge in [0.25, 0.3) is 0 Å². The molecule has 0 aliphatic carbocycles. The molecule has 0 atom stereocenters. The summed E-state index contributed by atoms with van der Waals surface area (Å²) in [5.41, 5.74) is 0.801. The molecule has 1 N–H and O–H groups in total. The first kappa shape index (κ1) is 13.3. The van der Waals surface area contributed by atoms with E-state index in [2.05, 4.69) is 15.9 Å². The summed E-state index contributed by atoms with van der Waals surface area (Å²) in [5, 5.41) is 8.80. The number of rotatable bonds is 5. The summed E-state index contributed by atoms with van der Waals surface area (Å²) in [5.74, 6) is 0.000406. The van der Waals surface area contributed by atoms with Crippen molar-refractivity contribution >= 4 is 15.9 Å². The highest BCUT2D eigenvalue weighted by Gasteiger charge is 2.18. The van der Waals surface area contributed by atoms with Gasteiger partial charge in [0.2, 0.25) is 0 Å². The second-order valence-corrected chi connectivity index (χ2v) is 4.07. The molecule has 0 fully saturated rings. The highest BCUT2D eigenvalue weighted by molar-refractivity contribution is 9.10. The summed E-state index contributed by atoms with van der Waals surface area (Å²) in [6, 6.07) is 1.34. The molecular weight excluding hydrogens is 279 g/mol. The lowest BCUT2D eigenvalue weighted by Crippen LogP contribution is -2.01. The summed E-state index contributed by atoms with van der Waals surface area (Å²) in [7, 11) is 2.86. The average Bonchev–Trinajstić information content (AvgIpc) is 2.27. The van der Waals surface area contributed by atoms with E-state index in [0.29, 0.717) is 23.1 Å². The third-order valence-corrected chi connectivity index (χ3v) is 2.94. The van der Waals surface area contributed by atoms with Crippen LogP contribution in [0.25, 0.3) is 0 Å². The Bertz CT molecular complexity index is 369. The lowest BCUT2D eigenvalue weighted by molar-refractivity contribution is 0.286. The van der Waals surface area contributed by atoms with Gasteiger partial charge in [-0.25, -0.2) is 4.39 Å². The van der Waals surface area contributed by atoms with Crippen LogP contribution in [-0.2, 0) is 6.42 Å². The van der Waals surface area contributed by atoms with E-state index >= 15 is 0 Å². The number of benzene rings is 1. The zero-order valence-electron chi connectivity index (χ0n) is 9.22. The molecule has 0 radical (unpaired) electrons. The van der Waals surface area contributed by atoms with Gasteiger partial charge in [0.15, 0.2) is 17.3 Å². The Hall–Kier alpha value is -0.810. The number of methoxy groups -OCH3 is 2. The van der Waals surface area contributed by atoms with Crippen LogP contribution in [0, 0.1) is 5.82 Å². The number of aliphatic hydroxyl groups is 1. The van der Waals surface area contributed by atoms with Gasteiger partial charge < -0.3 is 14.6 Å². The van der Waals surface area contributed by atoms with Crippen LogP contribution in [0.5, 0.6) is 11.5 Å². The molecule has 1 aromatic carbocycles. The van der Waals surface area contributed by atoms with Crippen LogP contribution in [0.1, 0.15) is 12.0 Å². The molecule has 3 nitrogen and oxygen atoms in total. The van der Waals surface area contributed by atoms with E-state index in [1.54, 1.807) is 0 Å². The smallest absolute Gasteiger partial charge is 0.197 e. The molecule has 0 heterocycles. The van der Waals surface area contributed by atoms with E-state index < -0.39 is 5.82 Å². The Kier molecular flexibility index (Phi) is 5.02. The lowest BCUT2D eigenvalue weighted by atomic mass is 10.1. The van der Waals surface area contributed by atoms with Gasteiger partial charge in [0, 0.05) is 16.6 Å². The first-order valence-corrected chi connectivity index (χ1v) is 5.64. The average molecular weight is 293 g/mol. The van der Waals surface area contributed by atoms with E-state index in [0.717, 1.165) is 5.56 Å². The molecular formula is C11H14BrFO3. The van der Waals surface area contributed by atoms with Crippen molar-refractivity contribution in [3.05, 3.63) is 21.9 Å². The summed E-state index contributed by atoms with van der Waals surface area (Å²) < 4.78 is 24.2. The fraction of sp³-hybridized carbons (Fsp3) is 0.455. The molecule has 0 spiro atoms. The quantitative estimate of drug-likeness (QED) is 0.906. The van der Waals surface area contributed by atoms with Crippen molar-refractivity contribution in [2.24, 2.45) is 0 Å². The Labute approximate surface area is 102 Å². The highest BCUT2D eigenvalue weighted by Crippen LogP contribution is 2.39. The molecule has 0 saturated heterocycles. The largest absolute Gasteiger partial charge is 0.492 e. The zero-order chi connectivity index (χ0) is 12.1.